The van der Waals surface area contributed by atoms with Crippen molar-refractivity contribution in [3.63, 3.8) is 0 Å². The van der Waals surface area contributed by atoms with Crippen LogP contribution in [0.1, 0.15) is 0 Å². The Morgan fingerprint density at radius 2 is 1.48 bits per heavy atom. The molecule has 0 saturated heterocycles. The van der Waals surface area contributed by atoms with E-state index >= 15 is 0 Å². The van der Waals surface area contributed by atoms with E-state index < -0.39 is 30.0 Å². The average molecular weight is 449 g/mol. The predicted molar refractivity (Wildman–Crippen MR) is 108 cm³/mol. The molecule has 148 valence electrons. The van der Waals surface area contributed by atoms with Gasteiger partial charge in [0.15, 0.2) is 0 Å². The summed E-state index contributed by atoms with van der Waals surface area (Å²) in [4.78, 5) is 8.25. The van der Waals surface area contributed by atoms with Crippen molar-refractivity contribution < 1.29 is 25.9 Å². The summed E-state index contributed by atoms with van der Waals surface area (Å²) in [6.07, 6.45) is 0. The summed E-state index contributed by atoms with van der Waals surface area (Å²) in [6.45, 7) is 0. The number of rotatable bonds is 3. The van der Waals surface area contributed by atoms with Crippen molar-refractivity contribution in [3.8, 4) is 10.6 Å². The van der Waals surface area contributed by atoms with Gasteiger partial charge in [-0.3, -0.25) is 9.11 Å². The molecule has 0 amide bonds. The highest BCUT2D eigenvalue weighted by molar-refractivity contribution is 7.86. The van der Waals surface area contributed by atoms with Crippen LogP contribution in [0, 0.1) is 0 Å². The largest absolute Gasteiger partial charge is 0.294 e. The van der Waals surface area contributed by atoms with Gasteiger partial charge in [0.1, 0.15) is 0 Å². The van der Waals surface area contributed by atoms with Crippen molar-refractivity contribution in [2.75, 3.05) is 0 Å². The minimum absolute atomic E-state index is 0.0640. The van der Waals surface area contributed by atoms with Gasteiger partial charge in [-0.25, -0.2) is 9.98 Å². The first-order valence-electron chi connectivity index (χ1n) is 8.04. The van der Waals surface area contributed by atoms with Crippen LogP contribution in [0.2, 0.25) is 0 Å². The summed E-state index contributed by atoms with van der Waals surface area (Å²) in [5.74, 6) is 0. The third-order valence-electron chi connectivity index (χ3n) is 3.99. The smallest absolute Gasteiger partial charge is 0.282 e. The van der Waals surface area contributed by atoms with Crippen molar-refractivity contribution in [3.05, 3.63) is 66.0 Å². The maximum Gasteiger partial charge on any atom is 0.294 e. The van der Waals surface area contributed by atoms with Crippen LogP contribution >= 0.6 is 11.3 Å². The van der Waals surface area contributed by atoms with Crippen LogP contribution < -0.4 is 5.36 Å². The van der Waals surface area contributed by atoms with E-state index in [1.807, 2.05) is 24.3 Å². The standard InChI is InChI=1S/C18H12N2O6S3/c21-28(22,23)13-7-12(8-14(10-13)29(24,25)26)19-11-5-6-16-18(9-11)27-17-4-2-1-3-15(17)20-16/h1-10H,(H,21,22,23)(H,24,25,26). The van der Waals surface area contributed by atoms with Crippen LogP contribution in [0.25, 0.3) is 20.8 Å². The zero-order valence-corrected chi connectivity index (χ0v) is 16.9. The topological polar surface area (TPSA) is 134 Å². The van der Waals surface area contributed by atoms with E-state index in [1.54, 1.807) is 18.2 Å². The van der Waals surface area contributed by atoms with Gasteiger partial charge in [0.2, 0.25) is 0 Å². The summed E-state index contributed by atoms with van der Waals surface area (Å²) < 4.78 is 65.3. The predicted octanol–water partition coefficient (Wildman–Crippen LogP) is 3.13. The fraction of sp³-hybridized carbons (Fsp3) is 0. The van der Waals surface area contributed by atoms with Gasteiger partial charge in [0, 0.05) is 0 Å². The molecule has 8 nitrogen and oxygen atoms in total. The van der Waals surface area contributed by atoms with Crippen LogP contribution in [0.4, 0.5) is 5.69 Å². The fourth-order valence-electron chi connectivity index (χ4n) is 2.70. The lowest BCUT2D eigenvalue weighted by molar-refractivity contribution is 0.481. The van der Waals surface area contributed by atoms with E-state index in [-0.39, 0.29) is 5.69 Å². The molecule has 1 aliphatic heterocycles. The summed E-state index contributed by atoms with van der Waals surface area (Å²) in [7, 11) is -9.41. The SMILES string of the molecule is O=S(=O)(O)c1cc(N=c2ccc3nc4ccccc4sc-3c2)cc(S(=O)(=O)O)c1. The van der Waals surface area contributed by atoms with Crippen LogP contribution in [0.3, 0.4) is 0 Å². The molecule has 1 heterocycles. The lowest BCUT2D eigenvalue weighted by Crippen LogP contribution is -2.04. The lowest BCUT2D eigenvalue weighted by atomic mass is 10.2. The molecule has 2 N–H and O–H groups in total. The third kappa shape index (κ3) is 4.18. The fourth-order valence-corrected chi connectivity index (χ4v) is 4.86. The molecular formula is C18H12N2O6S3. The molecule has 2 aliphatic rings. The Morgan fingerprint density at radius 1 is 0.828 bits per heavy atom. The summed E-state index contributed by atoms with van der Waals surface area (Å²) in [5, 5.41) is 0.416. The molecular weight excluding hydrogens is 436 g/mol. The lowest BCUT2D eigenvalue weighted by Gasteiger charge is -2.06. The first-order chi connectivity index (χ1) is 13.6. The number of hydrogen-bond acceptors (Lipinski definition) is 7. The zero-order valence-electron chi connectivity index (χ0n) is 14.4. The maximum absolute atomic E-state index is 11.4. The Kier molecular flexibility index (Phi) is 4.71. The second-order valence-electron chi connectivity index (χ2n) is 6.06. The molecule has 11 heteroatoms. The highest BCUT2D eigenvalue weighted by Crippen LogP contribution is 2.29. The minimum atomic E-state index is -4.70. The van der Waals surface area contributed by atoms with E-state index in [2.05, 4.69) is 9.98 Å². The van der Waals surface area contributed by atoms with Gasteiger partial charge in [-0.15, -0.1) is 11.3 Å². The van der Waals surface area contributed by atoms with Gasteiger partial charge in [-0.05, 0) is 48.5 Å². The van der Waals surface area contributed by atoms with Crippen molar-refractivity contribution in [1.29, 1.82) is 0 Å². The van der Waals surface area contributed by atoms with Crippen LogP contribution in [0.5, 0.6) is 0 Å². The Morgan fingerprint density at radius 3 is 2.14 bits per heavy atom. The Balaban J connectivity index is 1.92. The monoisotopic (exact) mass is 448 g/mol. The molecule has 2 aromatic carbocycles. The molecule has 0 aromatic heterocycles. The molecule has 0 spiro atoms. The van der Waals surface area contributed by atoms with E-state index in [0.29, 0.717) is 11.4 Å². The second kappa shape index (κ2) is 6.97. The van der Waals surface area contributed by atoms with Crippen molar-refractivity contribution >= 4 is 47.5 Å². The third-order valence-corrected chi connectivity index (χ3v) is 6.76. The summed E-state index contributed by atoms with van der Waals surface area (Å²) in [5.41, 5.74) is 1.54. The quantitative estimate of drug-likeness (QED) is 0.363. The molecule has 0 unspecified atom stereocenters. The van der Waals surface area contributed by atoms with Gasteiger partial charge in [-0.2, -0.15) is 16.8 Å². The maximum atomic E-state index is 11.4. The molecule has 4 rings (SSSR count). The Labute approximate surface area is 169 Å². The van der Waals surface area contributed by atoms with Crippen molar-refractivity contribution in [2.24, 2.45) is 4.99 Å². The highest BCUT2D eigenvalue weighted by atomic mass is 32.2. The zero-order chi connectivity index (χ0) is 20.8. The molecule has 0 saturated carbocycles. The Hall–Kier alpha value is -2.70. The van der Waals surface area contributed by atoms with E-state index in [4.69, 9.17) is 0 Å². The molecule has 0 bridgehead atoms. The first-order valence-corrected chi connectivity index (χ1v) is 11.7. The number of nitrogens with zero attached hydrogens (tertiary/aromatic N) is 2. The molecule has 1 aliphatic carbocycles. The van der Waals surface area contributed by atoms with Gasteiger partial charge < -0.3 is 0 Å². The molecule has 29 heavy (non-hydrogen) atoms. The summed E-state index contributed by atoms with van der Waals surface area (Å²) in [6, 6.07) is 15.4. The minimum Gasteiger partial charge on any atom is -0.282 e. The highest BCUT2D eigenvalue weighted by Gasteiger charge is 2.18. The summed E-state index contributed by atoms with van der Waals surface area (Å²) >= 11 is 1.50. The van der Waals surface area contributed by atoms with Crippen molar-refractivity contribution in [1.82, 2.24) is 4.98 Å². The van der Waals surface area contributed by atoms with Gasteiger partial charge in [0.05, 0.1) is 41.6 Å². The number of para-hydroxylation sites is 1. The van der Waals surface area contributed by atoms with E-state index in [1.165, 1.54) is 11.3 Å². The van der Waals surface area contributed by atoms with Gasteiger partial charge in [0.25, 0.3) is 20.2 Å². The molecule has 0 radical (unpaired) electrons. The Bertz CT molecular complexity index is 1460. The average Bonchev–Trinajstić information content (AvgIpc) is 2.64. The van der Waals surface area contributed by atoms with Gasteiger partial charge >= 0.3 is 0 Å². The normalized spacial score (nSPS) is 13.2. The van der Waals surface area contributed by atoms with Crippen LogP contribution in [-0.2, 0) is 20.2 Å². The number of aromatic nitrogens is 1. The van der Waals surface area contributed by atoms with E-state index in [9.17, 15) is 25.9 Å². The van der Waals surface area contributed by atoms with Gasteiger partial charge in [-0.1, -0.05) is 12.1 Å². The number of fused-ring (bicyclic) bond motifs is 2. The number of hydrogen-bond donors (Lipinski definition) is 2. The van der Waals surface area contributed by atoms with Crippen LogP contribution in [0.15, 0.2) is 75.4 Å². The number of benzene rings is 3. The molecule has 0 fully saturated rings. The molecule has 2 aromatic rings. The second-order valence-corrected chi connectivity index (χ2v) is 9.99. The van der Waals surface area contributed by atoms with Crippen molar-refractivity contribution in [2.45, 2.75) is 9.79 Å². The van der Waals surface area contributed by atoms with Crippen LogP contribution in [-0.4, -0.2) is 30.9 Å². The van der Waals surface area contributed by atoms with E-state index in [0.717, 1.165) is 32.9 Å². The molecule has 0 atom stereocenters. The first kappa shape index (κ1) is 19.6.